The average Bonchev–Trinajstić information content (AvgIpc) is 3.01. The Hall–Kier alpha value is -2.94. The van der Waals surface area contributed by atoms with Gasteiger partial charge >= 0.3 is 5.69 Å². The number of aromatic hydroxyl groups is 1. The van der Waals surface area contributed by atoms with E-state index in [4.69, 9.17) is 4.74 Å². The number of amides is 1. The van der Waals surface area contributed by atoms with E-state index >= 15 is 0 Å². The Morgan fingerprint density at radius 3 is 2.83 bits per heavy atom. The maximum absolute atomic E-state index is 11.5. The molecule has 2 N–H and O–H groups in total. The van der Waals surface area contributed by atoms with E-state index in [1.54, 1.807) is 12.2 Å². The predicted molar refractivity (Wildman–Crippen MR) is 85.7 cm³/mol. The number of nitrogens with one attached hydrogen (secondary N) is 1. The van der Waals surface area contributed by atoms with Gasteiger partial charge in [-0.3, -0.25) is 14.9 Å². The van der Waals surface area contributed by atoms with Gasteiger partial charge in [0.25, 0.3) is 5.91 Å². The number of carbonyl (C=O) groups is 1. The molecule has 2 rings (SSSR count). The molecule has 120 valence electrons. The summed E-state index contributed by atoms with van der Waals surface area (Å²) in [6, 6.07) is 2.69. The Morgan fingerprint density at radius 1 is 1.48 bits per heavy atom. The molecule has 1 aromatic heterocycles. The first-order valence-corrected chi connectivity index (χ1v) is 7.19. The summed E-state index contributed by atoms with van der Waals surface area (Å²) < 4.78 is 4.92. The molecule has 1 amide bonds. The van der Waals surface area contributed by atoms with E-state index in [2.05, 4.69) is 10.3 Å². The van der Waals surface area contributed by atoms with Crippen molar-refractivity contribution < 1.29 is 19.6 Å². The second-order valence-electron chi connectivity index (χ2n) is 4.32. The Balaban J connectivity index is 2.32. The Kier molecular flexibility index (Phi) is 4.91. The van der Waals surface area contributed by atoms with Gasteiger partial charge in [-0.1, -0.05) is 6.08 Å². The number of phenols is 1. The Morgan fingerprint density at radius 2 is 2.22 bits per heavy atom. The molecule has 0 spiro atoms. The molecule has 9 heteroatoms. The van der Waals surface area contributed by atoms with Crippen molar-refractivity contribution in [1.29, 1.82) is 0 Å². The number of aromatic nitrogens is 1. The third kappa shape index (κ3) is 3.64. The van der Waals surface area contributed by atoms with Crippen LogP contribution in [0.5, 0.6) is 11.5 Å². The molecular formula is C14H13N3O5S. The van der Waals surface area contributed by atoms with Crippen molar-refractivity contribution in [3.05, 3.63) is 43.9 Å². The first-order chi connectivity index (χ1) is 11.0. The summed E-state index contributed by atoms with van der Waals surface area (Å²) in [5.74, 6) is -0.751. The number of phenolic OH excluding ortho intramolecular Hbond substituents is 1. The summed E-state index contributed by atoms with van der Waals surface area (Å²) >= 11 is 1.18. The van der Waals surface area contributed by atoms with E-state index in [-0.39, 0.29) is 11.7 Å². The maximum atomic E-state index is 11.5. The molecule has 0 radical (unpaired) electrons. The van der Waals surface area contributed by atoms with Crippen LogP contribution in [0.3, 0.4) is 0 Å². The molecule has 2 aromatic rings. The van der Waals surface area contributed by atoms with Crippen molar-refractivity contribution in [2.24, 2.45) is 0 Å². The van der Waals surface area contributed by atoms with E-state index in [0.717, 1.165) is 0 Å². The fourth-order valence-corrected chi connectivity index (χ4v) is 2.53. The molecule has 0 aliphatic rings. The van der Waals surface area contributed by atoms with Crippen LogP contribution in [0, 0.1) is 10.1 Å². The fourth-order valence-electron chi connectivity index (χ4n) is 1.77. The van der Waals surface area contributed by atoms with Gasteiger partial charge in [-0.15, -0.1) is 11.3 Å². The zero-order valence-electron chi connectivity index (χ0n) is 12.3. The molecule has 0 aliphatic carbocycles. The SMILES string of the molecule is CNC(=O)c1cnc(C=Cc2cc(OC)c(O)c([N+](=O)[O-])c2)s1. The van der Waals surface area contributed by atoms with Crippen LogP contribution in [0.4, 0.5) is 5.69 Å². The van der Waals surface area contributed by atoms with Crippen molar-refractivity contribution >= 4 is 35.1 Å². The minimum absolute atomic E-state index is 0.00374. The highest BCUT2D eigenvalue weighted by molar-refractivity contribution is 7.14. The second-order valence-corrected chi connectivity index (χ2v) is 5.39. The summed E-state index contributed by atoms with van der Waals surface area (Å²) in [7, 11) is 2.84. The van der Waals surface area contributed by atoms with Crippen molar-refractivity contribution in [1.82, 2.24) is 10.3 Å². The summed E-state index contributed by atoms with van der Waals surface area (Å²) in [6.45, 7) is 0. The van der Waals surface area contributed by atoms with Crippen molar-refractivity contribution in [2.75, 3.05) is 14.2 Å². The van der Waals surface area contributed by atoms with E-state index < -0.39 is 16.4 Å². The smallest absolute Gasteiger partial charge is 0.315 e. The quantitative estimate of drug-likeness (QED) is 0.640. The molecule has 8 nitrogen and oxygen atoms in total. The minimum atomic E-state index is -0.692. The van der Waals surface area contributed by atoms with Crippen LogP contribution < -0.4 is 10.1 Å². The standard InChI is InChI=1S/C14H13N3O5S/c1-15-14(19)11-7-16-12(23-11)4-3-8-5-9(17(20)21)13(18)10(6-8)22-2/h3-7,18H,1-2H3,(H,15,19). The van der Waals surface area contributed by atoms with Gasteiger partial charge in [-0.25, -0.2) is 4.98 Å². The van der Waals surface area contributed by atoms with Crippen molar-refractivity contribution in [3.63, 3.8) is 0 Å². The number of hydrogen-bond donors (Lipinski definition) is 2. The van der Waals surface area contributed by atoms with Gasteiger partial charge < -0.3 is 15.2 Å². The highest BCUT2D eigenvalue weighted by atomic mass is 32.1. The zero-order chi connectivity index (χ0) is 17.0. The predicted octanol–water partition coefficient (Wildman–Crippen LogP) is 2.30. The van der Waals surface area contributed by atoms with Crippen LogP contribution in [0.25, 0.3) is 12.2 Å². The first kappa shape index (κ1) is 16.4. The zero-order valence-corrected chi connectivity index (χ0v) is 13.1. The van der Waals surface area contributed by atoms with Gasteiger partial charge in [0, 0.05) is 13.1 Å². The summed E-state index contributed by atoms with van der Waals surface area (Å²) in [4.78, 5) is 26.2. The monoisotopic (exact) mass is 335 g/mol. The lowest BCUT2D eigenvalue weighted by atomic mass is 10.1. The van der Waals surface area contributed by atoms with Gasteiger partial charge in [0.2, 0.25) is 5.75 Å². The third-order valence-corrected chi connectivity index (χ3v) is 3.85. The van der Waals surface area contributed by atoms with Gasteiger partial charge in [0.05, 0.1) is 18.2 Å². The highest BCUT2D eigenvalue weighted by Gasteiger charge is 2.19. The van der Waals surface area contributed by atoms with Crippen molar-refractivity contribution in [3.8, 4) is 11.5 Å². The number of methoxy groups -OCH3 is 1. The summed E-state index contributed by atoms with van der Waals surface area (Å²) in [5, 5.41) is 23.7. The van der Waals surface area contributed by atoms with Crippen LogP contribution in [-0.2, 0) is 0 Å². The topological polar surface area (TPSA) is 115 Å². The molecular weight excluding hydrogens is 322 g/mol. The lowest BCUT2D eigenvalue weighted by molar-refractivity contribution is -0.386. The number of hydrogen-bond acceptors (Lipinski definition) is 7. The average molecular weight is 335 g/mol. The highest BCUT2D eigenvalue weighted by Crippen LogP contribution is 2.37. The minimum Gasteiger partial charge on any atom is -0.500 e. The molecule has 0 unspecified atom stereocenters. The molecule has 0 bridgehead atoms. The third-order valence-electron chi connectivity index (χ3n) is 2.89. The van der Waals surface area contributed by atoms with E-state index in [1.165, 1.54) is 43.8 Å². The number of nitro benzene ring substituents is 1. The normalized spacial score (nSPS) is 10.7. The molecule has 0 atom stereocenters. The van der Waals surface area contributed by atoms with Crippen LogP contribution >= 0.6 is 11.3 Å². The number of ether oxygens (including phenoxy) is 1. The number of thiazole rings is 1. The van der Waals surface area contributed by atoms with E-state index in [9.17, 15) is 20.0 Å². The number of carbonyl (C=O) groups excluding carboxylic acids is 1. The molecule has 0 saturated carbocycles. The largest absolute Gasteiger partial charge is 0.500 e. The lowest BCUT2D eigenvalue weighted by Gasteiger charge is -2.05. The lowest BCUT2D eigenvalue weighted by Crippen LogP contribution is -2.16. The Labute approximate surface area is 135 Å². The second kappa shape index (κ2) is 6.88. The maximum Gasteiger partial charge on any atom is 0.315 e. The van der Waals surface area contributed by atoms with Crippen molar-refractivity contribution in [2.45, 2.75) is 0 Å². The summed E-state index contributed by atoms with van der Waals surface area (Å²) in [5.41, 5.74) is 0.0113. The molecule has 0 aliphatic heterocycles. The molecule has 0 fully saturated rings. The van der Waals surface area contributed by atoms with Gasteiger partial charge in [0.15, 0.2) is 5.75 Å². The number of rotatable bonds is 5. The number of nitrogens with zero attached hydrogens (tertiary/aromatic N) is 2. The number of nitro groups is 1. The van der Waals surface area contributed by atoms with Gasteiger partial charge in [-0.05, 0) is 17.7 Å². The van der Waals surface area contributed by atoms with Crippen LogP contribution in [0.15, 0.2) is 18.3 Å². The molecule has 1 aromatic carbocycles. The molecule has 23 heavy (non-hydrogen) atoms. The van der Waals surface area contributed by atoms with Gasteiger partial charge in [0.1, 0.15) is 9.88 Å². The first-order valence-electron chi connectivity index (χ1n) is 6.37. The van der Waals surface area contributed by atoms with Crippen LogP contribution in [0.1, 0.15) is 20.2 Å². The summed E-state index contributed by atoms with van der Waals surface area (Å²) in [6.07, 6.45) is 4.65. The fraction of sp³-hybridized carbons (Fsp3) is 0.143. The molecule has 1 heterocycles. The van der Waals surface area contributed by atoms with Crippen LogP contribution in [0.2, 0.25) is 0 Å². The van der Waals surface area contributed by atoms with E-state index in [1.807, 2.05) is 0 Å². The Bertz CT molecular complexity index is 785. The van der Waals surface area contributed by atoms with Gasteiger partial charge in [-0.2, -0.15) is 0 Å². The number of benzene rings is 1. The van der Waals surface area contributed by atoms with Crippen LogP contribution in [-0.4, -0.2) is 35.1 Å². The van der Waals surface area contributed by atoms with E-state index in [0.29, 0.717) is 15.4 Å². The molecule has 0 saturated heterocycles.